The predicted molar refractivity (Wildman–Crippen MR) is 85.9 cm³/mol. The molecule has 0 unspecified atom stereocenters. The summed E-state index contributed by atoms with van der Waals surface area (Å²) in [5, 5.41) is 3.87. The molecule has 1 aliphatic rings. The maximum Gasteiger partial charge on any atom is 0.263 e. The summed E-state index contributed by atoms with van der Waals surface area (Å²) in [6.45, 7) is 4.02. The van der Waals surface area contributed by atoms with Crippen LogP contribution in [0.25, 0.3) is 11.0 Å². The average Bonchev–Trinajstić information content (AvgIpc) is 3.32. The number of aromatic nitrogens is 3. The van der Waals surface area contributed by atoms with Crippen LogP contribution in [-0.2, 0) is 11.3 Å². The van der Waals surface area contributed by atoms with Crippen molar-refractivity contribution in [3.63, 3.8) is 0 Å². The molecule has 2 aromatic heterocycles. The van der Waals surface area contributed by atoms with Crippen molar-refractivity contribution in [2.75, 3.05) is 5.75 Å². The SMILES string of the molecule is C=CCn1c(SCC(=O)NC2CC2)nc2ncccc2c1=O. The Morgan fingerprint density at radius 2 is 2.36 bits per heavy atom. The molecule has 2 aromatic rings. The number of carbonyl (C=O) groups excluding carboxylic acids is 1. The molecule has 1 saturated carbocycles. The minimum absolute atomic E-state index is 0.0342. The van der Waals surface area contributed by atoms with E-state index in [1.165, 1.54) is 16.3 Å². The lowest BCUT2D eigenvalue weighted by Gasteiger charge is -2.10. The Hall–Kier alpha value is -2.15. The van der Waals surface area contributed by atoms with Crippen molar-refractivity contribution in [1.29, 1.82) is 0 Å². The fraction of sp³-hybridized carbons (Fsp3) is 0.333. The first-order valence-electron chi connectivity index (χ1n) is 7.07. The van der Waals surface area contributed by atoms with Gasteiger partial charge in [-0.15, -0.1) is 6.58 Å². The van der Waals surface area contributed by atoms with Crippen molar-refractivity contribution >= 4 is 28.7 Å². The zero-order valence-corrected chi connectivity index (χ0v) is 12.8. The molecule has 0 aromatic carbocycles. The monoisotopic (exact) mass is 316 g/mol. The van der Waals surface area contributed by atoms with Crippen LogP contribution < -0.4 is 10.9 Å². The smallest absolute Gasteiger partial charge is 0.263 e. The summed E-state index contributed by atoms with van der Waals surface area (Å²) in [6.07, 6.45) is 5.34. The van der Waals surface area contributed by atoms with E-state index >= 15 is 0 Å². The van der Waals surface area contributed by atoms with E-state index in [0.29, 0.717) is 28.8 Å². The lowest BCUT2D eigenvalue weighted by Crippen LogP contribution is -2.28. The first-order valence-corrected chi connectivity index (χ1v) is 8.06. The number of hydrogen-bond acceptors (Lipinski definition) is 5. The Morgan fingerprint density at radius 3 is 3.09 bits per heavy atom. The van der Waals surface area contributed by atoms with Crippen LogP contribution in [0.4, 0.5) is 0 Å². The normalized spacial score (nSPS) is 14.0. The second-order valence-electron chi connectivity index (χ2n) is 5.10. The molecule has 0 bridgehead atoms. The molecule has 2 heterocycles. The maximum atomic E-state index is 12.5. The number of amides is 1. The van der Waals surface area contributed by atoms with Crippen molar-refractivity contribution in [2.24, 2.45) is 0 Å². The van der Waals surface area contributed by atoms with Gasteiger partial charge in [0.05, 0.1) is 11.1 Å². The van der Waals surface area contributed by atoms with Crippen molar-refractivity contribution in [3.8, 4) is 0 Å². The Balaban J connectivity index is 1.88. The van der Waals surface area contributed by atoms with Gasteiger partial charge in [0.2, 0.25) is 5.91 Å². The summed E-state index contributed by atoms with van der Waals surface area (Å²) in [5.74, 6) is 0.200. The van der Waals surface area contributed by atoms with Crippen molar-refractivity contribution < 1.29 is 4.79 Å². The van der Waals surface area contributed by atoms with Gasteiger partial charge in [-0.2, -0.15) is 0 Å². The lowest BCUT2D eigenvalue weighted by molar-refractivity contribution is -0.118. The van der Waals surface area contributed by atoms with Gasteiger partial charge in [0.15, 0.2) is 10.8 Å². The topological polar surface area (TPSA) is 76.9 Å². The van der Waals surface area contributed by atoms with E-state index in [4.69, 9.17) is 0 Å². The van der Waals surface area contributed by atoms with Gasteiger partial charge in [0.1, 0.15) is 0 Å². The van der Waals surface area contributed by atoms with Gasteiger partial charge in [0.25, 0.3) is 5.56 Å². The summed E-state index contributed by atoms with van der Waals surface area (Å²) >= 11 is 1.25. The molecule has 3 rings (SSSR count). The van der Waals surface area contributed by atoms with Crippen LogP contribution in [0.2, 0.25) is 0 Å². The Kier molecular flexibility index (Phi) is 4.24. The summed E-state index contributed by atoms with van der Waals surface area (Å²) in [7, 11) is 0. The molecule has 0 spiro atoms. The van der Waals surface area contributed by atoms with Crippen LogP contribution >= 0.6 is 11.8 Å². The molecular formula is C15H16N4O2S. The minimum Gasteiger partial charge on any atom is -0.353 e. The molecule has 6 nitrogen and oxygen atoms in total. The van der Waals surface area contributed by atoms with Crippen molar-refractivity contribution in [2.45, 2.75) is 30.6 Å². The van der Waals surface area contributed by atoms with Gasteiger partial charge in [-0.3, -0.25) is 14.2 Å². The van der Waals surface area contributed by atoms with E-state index in [2.05, 4.69) is 21.9 Å². The van der Waals surface area contributed by atoms with Gasteiger partial charge in [-0.25, -0.2) is 9.97 Å². The number of thioether (sulfide) groups is 1. The fourth-order valence-corrected chi connectivity index (χ4v) is 2.87. The second-order valence-corrected chi connectivity index (χ2v) is 6.05. The quantitative estimate of drug-likeness (QED) is 0.494. The highest BCUT2D eigenvalue weighted by Crippen LogP contribution is 2.20. The molecular weight excluding hydrogens is 300 g/mol. The maximum absolute atomic E-state index is 12.5. The molecule has 1 aliphatic carbocycles. The number of nitrogens with one attached hydrogen (secondary N) is 1. The van der Waals surface area contributed by atoms with Gasteiger partial charge in [-0.1, -0.05) is 17.8 Å². The molecule has 114 valence electrons. The van der Waals surface area contributed by atoms with Gasteiger partial charge in [0, 0.05) is 18.8 Å². The molecule has 0 atom stereocenters. The molecule has 7 heteroatoms. The molecule has 1 fully saturated rings. The zero-order valence-electron chi connectivity index (χ0n) is 12.0. The Morgan fingerprint density at radius 1 is 1.55 bits per heavy atom. The lowest BCUT2D eigenvalue weighted by atomic mass is 10.3. The van der Waals surface area contributed by atoms with Gasteiger partial charge >= 0.3 is 0 Å². The molecule has 0 aliphatic heterocycles. The van der Waals surface area contributed by atoms with Crippen molar-refractivity contribution in [3.05, 3.63) is 41.3 Å². The van der Waals surface area contributed by atoms with Crippen LogP contribution in [0, 0.1) is 0 Å². The molecule has 0 saturated heterocycles. The summed E-state index contributed by atoms with van der Waals surface area (Å²) in [4.78, 5) is 32.8. The van der Waals surface area contributed by atoms with Crippen LogP contribution in [0.3, 0.4) is 0 Å². The van der Waals surface area contributed by atoms with Crippen LogP contribution in [-0.4, -0.2) is 32.2 Å². The summed E-state index contributed by atoms with van der Waals surface area (Å²) < 4.78 is 1.52. The van der Waals surface area contributed by atoms with Crippen LogP contribution in [0.15, 0.2) is 40.9 Å². The van der Waals surface area contributed by atoms with Crippen molar-refractivity contribution in [1.82, 2.24) is 19.9 Å². The predicted octanol–water partition coefficient (Wildman–Crippen LogP) is 1.35. The van der Waals surface area contributed by atoms with E-state index in [-0.39, 0.29) is 17.2 Å². The number of nitrogens with zero attached hydrogens (tertiary/aromatic N) is 3. The third-order valence-corrected chi connectivity index (χ3v) is 4.26. The summed E-state index contributed by atoms with van der Waals surface area (Å²) in [6, 6.07) is 3.74. The van der Waals surface area contributed by atoms with E-state index in [1.807, 2.05) is 0 Å². The van der Waals surface area contributed by atoms with E-state index in [9.17, 15) is 9.59 Å². The molecule has 1 N–H and O–H groups in total. The number of carbonyl (C=O) groups is 1. The number of fused-ring (bicyclic) bond motifs is 1. The van der Waals surface area contributed by atoms with E-state index in [1.54, 1.807) is 24.4 Å². The van der Waals surface area contributed by atoms with E-state index in [0.717, 1.165) is 12.8 Å². The first kappa shape index (κ1) is 14.8. The fourth-order valence-electron chi connectivity index (χ4n) is 2.06. The van der Waals surface area contributed by atoms with E-state index < -0.39 is 0 Å². The number of pyridine rings is 1. The molecule has 1 amide bonds. The third kappa shape index (κ3) is 3.19. The highest BCUT2D eigenvalue weighted by atomic mass is 32.2. The Bertz CT molecular complexity index is 783. The van der Waals surface area contributed by atoms with Gasteiger partial charge in [-0.05, 0) is 25.0 Å². The average molecular weight is 316 g/mol. The standard InChI is InChI=1S/C15H16N4O2S/c1-2-8-19-14(21)11-4-3-7-16-13(11)18-15(19)22-9-12(20)17-10-5-6-10/h2-4,7,10H,1,5-6,8-9H2,(H,17,20). The van der Waals surface area contributed by atoms with Crippen LogP contribution in [0.5, 0.6) is 0 Å². The minimum atomic E-state index is -0.164. The molecule has 0 radical (unpaired) electrons. The number of rotatable bonds is 6. The highest BCUT2D eigenvalue weighted by molar-refractivity contribution is 7.99. The Labute approximate surface area is 131 Å². The largest absolute Gasteiger partial charge is 0.353 e. The molecule has 22 heavy (non-hydrogen) atoms. The number of allylic oxidation sites excluding steroid dienone is 1. The number of hydrogen-bond donors (Lipinski definition) is 1. The summed E-state index contributed by atoms with van der Waals surface area (Å²) in [5.41, 5.74) is 0.237. The van der Waals surface area contributed by atoms with Gasteiger partial charge < -0.3 is 5.32 Å². The first-order chi connectivity index (χ1) is 10.7. The zero-order chi connectivity index (χ0) is 15.5. The third-order valence-electron chi connectivity index (χ3n) is 3.28. The second kappa shape index (κ2) is 6.31. The highest BCUT2D eigenvalue weighted by Gasteiger charge is 2.23. The van der Waals surface area contributed by atoms with Crippen LogP contribution in [0.1, 0.15) is 12.8 Å².